The van der Waals surface area contributed by atoms with Crippen LogP contribution in [-0.2, 0) is 4.79 Å². The fraction of sp³-hybridized carbons (Fsp3) is 0.533. The molecule has 4 heteroatoms. The Bertz CT molecular complexity index is 394. The van der Waals surface area contributed by atoms with Crippen molar-refractivity contribution in [2.45, 2.75) is 13.3 Å². The maximum absolute atomic E-state index is 11.7. The van der Waals surface area contributed by atoms with E-state index in [1.54, 1.807) is 0 Å². The summed E-state index contributed by atoms with van der Waals surface area (Å²) in [5.41, 5.74) is 0.982. The van der Waals surface area contributed by atoms with Gasteiger partial charge in [0, 0.05) is 18.8 Å². The average molecular weight is 261 g/mol. The number of carbonyl (C=O) groups excluding carboxylic acids is 1. The van der Waals surface area contributed by atoms with E-state index >= 15 is 0 Å². The van der Waals surface area contributed by atoms with Crippen LogP contribution in [-0.4, -0.2) is 43.5 Å². The minimum absolute atomic E-state index is 0.0683. The Labute approximate surface area is 115 Å². The number of hydrogen-bond donors (Lipinski definition) is 2. The van der Waals surface area contributed by atoms with Crippen LogP contribution in [0.5, 0.6) is 0 Å². The molecule has 1 aliphatic rings. The lowest BCUT2D eigenvalue weighted by molar-refractivity contribution is -0.119. The Balaban J connectivity index is 1.63. The van der Waals surface area contributed by atoms with Gasteiger partial charge in [-0.15, -0.1) is 0 Å². The molecule has 0 aromatic heterocycles. The van der Waals surface area contributed by atoms with Crippen molar-refractivity contribution in [3.8, 4) is 0 Å². The Hall–Kier alpha value is -1.55. The van der Waals surface area contributed by atoms with Gasteiger partial charge in [0.1, 0.15) is 0 Å². The third-order valence-corrected chi connectivity index (χ3v) is 3.63. The minimum Gasteiger partial charge on any atom is -0.376 e. The van der Waals surface area contributed by atoms with E-state index in [0.29, 0.717) is 12.5 Å². The number of carbonyl (C=O) groups is 1. The fourth-order valence-corrected chi connectivity index (χ4v) is 2.43. The van der Waals surface area contributed by atoms with Gasteiger partial charge in [0.25, 0.3) is 0 Å². The molecule has 1 aromatic carbocycles. The maximum atomic E-state index is 11.7. The summed E-state index contributed by atoms with van der Waals surface area (Å²) in [5, 5.41) is 6.13. The molecular weight excluding hydrogens is 238 g/mol. The van der Waals surface area contributed by atoms with Crippen molar-refractivity contribution < 1.29 is 4.79 Å². The molecule has 1 unspecified atom stereocenters. The zero-order valence-electron chi connectivity index (χ0n) is 11.6. The molecule has 1 fully saturated rings. The maximum Gasteiger partial charge on any atom is 0.239 e. The molecular formula is C15H23N3O. The molecule has 1 heterocycles. The van der Waals surface area contributed by atoms with Crippen LogP contribution in [0.15, 0.2) is 30.3 Å². The van der Waals surface area contributed by atoms with Crippen LogP contribution >= 0.6 is 0 Å². The van der Waals surface area contributed by atoms with E-state index in [1.807, 2.05) is 30.3 Å². The molecule has 0 radical (unpaired) electrons. The van der Waals surface area contributed by atoms with Crippen molar-refractivity contribution >= 4 is 11.6 Å². The van der Waals surface area contributed by atoms with Crippen LogP contribution in [0.25, 0.3) is 0 Å². The van der Waals surface area contributed by atoms with Gasteiger partial charge in [-0.1, -0.05) is 25.1 Å². The third kappa shape index (κ3) is 4.56. The van der Waals surface area contributed by atoms with Crippen LogP contribution in [0.4, 0.5) is 5.69 Å². The lowest BCUT2D eigenvalue weighted by Gasteiger charge is -2.14. The molecule has 2 rings (SSSR count). The number of anilines is 1. The van der Waals surface area contributed by atoms with Crippen LogP contribution in [0, 0.1) is 5.92 Å². The largest absolute Gasteiger partial charge is 0.376 e. The van der Waals surface area contributed by atoms with Gasteiger partial charge < -0.3 is 15.5 Å². The number of nitrogens with one attached hydrogen (secondary N) is 2. The van der Waals surface area contributed by atoms with E-state index in [-0.39, 0.29) is 5.91 Å². The van der Waals surface area contributed by atoms with Gasteiger partial charge in [-0.25, -0.2) is 0 Å². The van der Waals surface area contributed by atoms with Crippen molar-refractivity contribution in [2.75, 3.05) is 38.0 Å². The van der Waals surface area contributed by atoms with Gasteiger partial charge in [0.15, 0.2) is 0 Å². The quantitative estimate of drug-likeness (QED) is 0.817. The zero-order chi connectivity index (χ0) is 13.5. The highest BCUT2D eigenvalue weighted by atomic mass is 16.1. The lowest BCUT2D eigenvalue weighted by atomic mass is 10.1. The fourth-order valence-electron chi connectivity index (χ4n) is 2.43. The van der Waals surface area contributed by atoms with E-state index in [9.17, 15) is 4.79 Å². The molecule has 0 bridgehead atoms. The summed E-state index contributed by atoms with van der Waals surface area (Å²) in [6.07, 6.45) is 1.19. The highest BCUT2D eigenvalue weighted by Gasteiger charge is 2.21. The molecule has 1 atom stereocenters. The minimum atomic E-state index is 0.0683. The lowest BCUT2D eigenvalue weighted by Crippen LogP contribution is -2.34. The second-order valence-electron chi connectivity index (χ2n) is 5.07. The summed E-state index contributed by atoms with van der Waals surface area (Å²) >= 11 is 0. The SMILES string of the molecule is CCN1CCC(CNC(=O)CNc2ccccc2)C1. The van der Waals surface area contributed by atoms with Crippen LogP contribution in [0.2, 0.25) is 0 Å². The first-order chi connectivity index (χ1) is 9.28. The van der Waals surface area contributed by atoms with Crippen molar-refractivity contribution in [3.63, 3.8) is 0 Å². The van der Waals surface area contributed by atoms with Gasteiger partial charge in [-0.05, 0) is 37.6 Å². The molecule has 0 spiro atoms. The summed E-state index contributed by atoms with van der Waals surface area (Å²) in [6, 6.07) is 9.80. The molecule has 2 N–H and O–H groups in total. The van der Waals surface area contributed by atoms with Gasteiger partial charge in [-0.3, -0.25) is 4.79 Å². The predicted molar refractivity (Wildman–Crippen MR) is 78.2 cm³/mol. The molecule has 104 valence electrons. The number of nitrogens with zero attached hydrogens (tertiary/aromatic N) is 1. The first-order valence-electron chi connectivity index (χ1n) is 7.06. The number of rotatable bonds is 6. The molecule has 1 amide bonds. The normalized spacial score (nSPS) is 19.3. The van der Waals surface area contributed by atoms with Crippen LogP contribution < -0.4 is 10.6 Å². The molecule has 19 heavy (non-hydrogen) atoms. The molecule has 1 saturated heterocycles. The first kappa shape index (κ1) is 13.9. The number of likely N-dealkylation sites (tertiary alicyclic amines) is 1. The number of benzene rings is 1. The topological polar surface area (TPSA) is 44.4 Å². The third-order valence-electron chi connectivity index (χ3n) is 3.63. The van der Waals surface area contributed by atoms with Gasteiger partial charge >= 0.3 is 0 Å². The molecule has 1 aliphatic heterocycles. The number of hydrogen-bond acceptors (Lipinski definition) is 3. The summed E-state index contributed by atoms with van der Waals surface area (Å²) in [6.45, 7) is 6.72. The van der Waals surface area contributed by atoms with E-state index < -0.39 is 0 Å². The van der Waals surface area contributed by atoms with E-state index in [4.69, 9.17) is 0 Å². The van der Waals surface area contributed by atoms with Gasteiger partial charge in [-0.2, -0.15) is 0 Å². The molecule has 1 aromatic rings. The van der Waals surface area contributed by atoms with Crippen molar-refractivity contribution in [1.29, 1.82) is 0 Å². The first-order valence-corrected chi connectivity index (χ1v) is 7.06. The van der Waals surface area contributed by atoms with Crippen molar-refractivity contribution in [2.24, 2.45) is 5.92 Å². The van der Waals surface area contributed by atoms with E-state index in [2.05, 4.69) is 22.5 Å². The molecule has 0 aliphatic carbocycles. The number of amides is 1. The highest BCUT2D eigenvalue weighted by molar-refractivity contribution is 5.80. The summed E-state index contributed by atoms with van der Waals surface area (Å²) in [4.78, 5) is 14.2. The Kier molecular flexibility index (Phi) is 5.21. The number of para-hydroxylation sites is 1. The highest BCUT2D eigenvalue weighted by Crippen LogP contribution is 2.14. The zero-order valence-corrected chi connectivity index (χ0v) is 11.6. The van der Waals surface area contributed by atoms with Crippen molar-refractivity contribution in [1.82, 2.24) is 10.2 Å². The summed E-state index contributed by atoms with van der Waals surface area (Å²) < 4.78 is 0. The predicted octanol–water partition coefficient (Wildman–Crippen LogP) is 1.56. The molecule has 0 saturated carbocycles. The van der Waals surface area contributed by atoms with Gasteiger partial charge in [0.2, 0.25) is 5.91 Å². The summed E-state index contributed by atoms with van der Waals surface area (Å²) in [7, 11) is 0. The van der Waals surface area contributed by atoms with Gasteiger partial charge in [0.05, 0.1) is 6.54 Å². The summed E-state index contributed by atoms with van der Waals surface area (Å²) in [5.74, 6) is 0.680. The second kappa shape index (κ2) is 7.14. The van der Waals surface area contributed by atoms with E-state index in [0.717, 1.165) is 25.3 Å². The Morgan fingerprint density at radius 2 is 2.16 bits per heavy atom. The van der Waals surface area contributed by atoms with E-state index in [1.165, 1.54) is 13.0 Å². The second-order valence-corrected chi connectivity index (χ2v) is 5.07. The Morgan fingerprint density at radius 1 is 1.37 bits per heavy atom. The van der Waals surface area contributed by atoms with Crippen LogP contribution in [0.3, 0.4) is 0 Å². The standard InChI is InChI=1S/C15H23N3O/c1-2-18-9-8-13(12-18)10-17-15(19)11-16-14-6-4-3-5-7-14/h3-7,13,16H,2,8-12H2,1H3,(H,17,19). The monoisotopic (exact) mass is 261 g/mol. The smallest absolute Gasteiger partial charge is 0.239 e. The Morgan fingerprint density at radius 3 is 2.84 bits per heavy atom. The van der Waals surface area contributed by atoms with Crippen molar-refractivity contribution in [3.05, 3.63) is 30.3 Å². The van der Waals surface area contributed by atoms with Crippen LogP contribution in [0.1, 0.15) is 13.3 Å². The average Bonchev–Trinajstić information content (AvgIpc) is 2.92. The molecule has 4 nitrogen and oxygen atoms in total.